The van der Waals surface area contributed by atoms with Gasteiger partial charge in [-0.05, 0) is 42.8 Å². The first-order valence-electron chi connectivity index (χ1n) is 7.23. The molecule has 1 heterocycles. The standard InChI is InChI=1S/C15H20FN3S/c16-13-3-1-12(2-4-13)11-18-7-9-19(10-8-18)15(20)17-14-5-6-14/h1-4,14H,5-11H2,(H,17,20). The summed E-state index contributed by atoms with van der Waals surface area (Å²) in [5.74, 6) is -0.171. The Bertz CT molecular complexity index is 465. The van der Waals surface area contributed by atoms with Crippen molar-refractivity contribution in [1.82, 2.24) is 15.1 Å². The molecule has 108 valence electrons. The minimum Gasteiger partial charge on any atom is -0.360 e. The number of hydrogen-bond acceptors (Lipinski definition) is 2. The Kier molecular flexibility index (Phi) is 4.17. The zero-order valence-electron chi connectivity index (χ0n) is 11.5. The number of halogens is 1. The van der Waals surface area contributed by atoms with Gasteiger partial charge in [-0.1, -0.05) is 12.1 Å². The van der Waals surface area contributed by atoms with Gasteiger partial charge in [-0.15, -0.1) is 0 Å². The van der Waals surface area contributed by atoms with Gasteiger partial charge in [-0.25, -0.2) is 4.39 Å². The lowest BCUT2D eigenvalue weighted by Crippen LogP contribution is -2.51. The number of hydrogen-bond donors (Lipinski definition) is 1. The van der Waals surface area contributed by atoms with Crippen LogP contribution in [0.4, 0.5) is 4.39 Å². The third kappa shape index (κ3) is 3.67. The van der Waals surface area contributed by atoms with E-state index >= 15 is 0 Å². The predicted octanol–water partition coefficient (Wildman–Crippen LogP) is 1.98. The first-order chi connectivity index (χ1) is 9.70. The molecule has 5 heteroatoms. The molecule has 1 aliphatic heterocycles. The normalized spacial score (nSPS) is 19.9. The van der Waals surface area contributed by atoms with E-state index in [1.807, 2.05) is 12.1 Å². The molecule has 20 heavy (non-hydrogen) atoms. The Hall–Kier alpha value is -1.20. The van der Waals surface area contributed by atoms with Crippen LogP contribution in [-0.2, 0) is 6.54 Å². The summed E-state index contributed by atoms with van der Waals surface area (Å²) in [6.45, 7) is 4.84. The summed E-state index contributed by atoms with van der Waals surface area (Å²) in [6.07, 6.45) is 2.51. The van der Waals surface area contributed by atoms with Crippen molar-refractivity contribution in [2.75, 3.05) is 26.2 Å². The summed E-state index contributed by atoms with van der Waals surface area (Å²) in [6, 6.07) is 7.41. The molecule has 0 aromatic heterocycles. The molecule has 0 bridgehead atoms. The molecule has 1 N–H and O–H groups in total. The molecule has 1 aromatic carbocycles. The van der Waals surface area contributed by atoms with Gasteiger partial charge in [0.25, 0.3) is 0 Å². The fraction of sp³-hybridized carbons (Fsp3) is 0.533. The molecule has 0 spiro atoms. The number of piperazine rings is 1. The van der Waals surface area contributed by atoms with E-state index in [9.17, 15) is 4.39 Å². The van der Waals surface area contributed by atoms with E-state index in [2.05, 4.69) is 15.1 Å². The summed E-state index contributed by atoms with van der Waals surface area (Å²) >= 11 is 5.43. The second-order valence-electron chi connectivity index (χ2n) is 5.61. The quantitative estimate of drug-likeness (QED) is 0.859. The number of nitrogens with zero attached hydrogens (tertiary/aromatic N) is 2. The average Bonchev–Trinajstić information content (AvgIpc) is 3.26. The Labute approximate surface area is 124 Å². The minimum absolute atomic E-state index is 0.171. The molecule has 1 aliphatic carbocycles. The van der Waals surface area contributed by atoms with Crippen molar-refractivity contribution in [3.63, 3.8) is 0 Å². The molecule has 0 atom stereocenters. The number of rotatable bonds is 3. The number of thiocarbonyl (C=S) groups is 1. The molecule has 0 radical (unpaired) electrons. The molecule has 3 rings (SSSR count). The lowest BCUT2D eigenvalue weighted by atomic mass is 10.2. The lowest BCUT2D eigenvalue weighted by molar-refractivity contribution is 0.174. The average molecular weight is 293 g/mol. The zero-order valence-corrected chi connectivity index (χ0v) is 12.3. The first kappa shape index (κ1) is 13.8. The van der Waals surface area contributed by atoms with Gasteiger partial charge < -0.3 is 10.2 Å². The van der Waals surface area contributed by atoms with E-state index in [-0.39, 0.29) is 5.82 Å². The summed E-state index contributed by atoms with van der Waals surface area (Å²) in [4.78, 5) is 4.65. The largest absolute Gasteiger partial charge is 0.360 e. The summed E-state index contributed by atoms with van der Waals surface area (Å²) in [5.41, 5.74) is 1.17. The predicted molar refractivity (Wildman–Crippen MR) is 82.0 cm³/mol. The second kappa shape index (κ2) is 6.06. The first-order valence-corrected chi connectivity index (χ1v) is 7.64. The van der Waals surface area contributed by atoms with Gasteiger partial charge in [-0.3, -0.25) is 4.90 Å². The van der Waals surface area contributed by atoms with Gasteiger partial charge in [0, 0.05) is 38.8 Å². The van der Waals surface area contributed by atoms with Gasteiger partial charge in [0.2, 0.25) is 0 Å². The van der Waals surface area contributed by atoms with Crippen LogP contribution in [0.5, 0.6) is 0 Å². The summed E-state index contributed by atoms with van der Waals surface area (Å²) < 4.78 is 12.9. The molecular weight excluding hydrogens is 273 g/mol. The molecular formula is C15H20FN3S. The number of benzene rings is 1. The van der Waals surface area contributed by atoms with Crippen LogP contribution in [0.3, 0.4) is 0 Å². The third-order valence-electron chi connectivity index (χ3n) is 3.88. The fourth-order valence-electron chi connectivity index (χ4n) is 2.45. The van der Waals surface area contributed by atoms with Crippen molar-refractivity contribution in [1.29, 1.82) is 0 Å². The van der Waals surface area contributed by atoms with Crippen LogP contribution in [0, 0.1) is 5.82 Å². The maximum Gasteiger partial charge on any atom is 0.169 e. The van der Waals surface area contributed by atoms with Crippen molar-refractivity contribution < 1.29 is 4.39 Å². The highest BCUT2D eigenvalue weighted by molar-refractivity contribution is 7.80. The third-order valence-corrected chi connectivity index (χ3v) is 4.26. The molecule has 1 saturated heterocycles. The second-order valence-corrected chi connectivity index (χ2v) is 6.00. The van der Waals surface area contributed by atoms with Crippen molar-refractivity contribution in [2.24, 2.45) is 0 Å². The van der Waals surface area contributed by atoms with Gasteiger partial charge in [0.15, 0.2) is 5.11 Å². The molecule has 0 unspecified atom stereocenters. The van der Waals surface area contributed by atoms with E-state index in [1.165, 1.54) is 30.5 Å². The molecule has 2 fully saturated rings. The van der Waals surface area contributed by atoms with Crippen LogP contribution in [0.25, 0.3) is 0 Å². The van der Waals surface area contributed by atoms with Crippen molar-refractivity contribution in [2.45, 2.75) is 25.4 Å². The Morgan fingerprint density at radius 3 is 2.40 bits per heavy atom. The molecule has 3 nitrogen and oxygen atoms in total. The SMILES string of the molecule is Fc1ccc(CN2CCN(C(=S)NC3CC3)CC2)cc1. The zero-order chi connectivity index (χ0) is 13.9. The van der Waals surface area contributed by atoms with Gasteiger partial charge in [0.1, 0.15) is 5.82 Å². The molecule has 1 aromatic rings. The van der Waals surface area contributed by atoms with E-state index < -0.39 is 0 Å². The van der Waals surface area contributed by atoms with Crippen LogP contribution < -0.4 is 5.32 Å². The van der Waals surface area contributed by atoms with Crippen LogP contribution >= 0.6 is 12.2 Å². The summed E-state index contributed by atoms with van der Waals surface area (Å²) in [7, 11) is 0. The van der Waals surface area contributed by atoms with Gasteiger partial charge in [0.05, 0.1) is 0 Å². The molecule has 2 aliphatic rings. The highest BCUT2D eigenvalue weighted by Gasteiger charge is 2.25. The van der Waals surface area contributed by atoms with Gasteiger partial charge >= 0.3 is 0 Å². The topological polar surface area (TPSA) is 18.5 Å². The van der Waals surface area contributed by atoms with Crippen LogP contribution in [0.15, 0.2) is 24.3 Å². The minimum atomic E-state index is -0.171. The Morgan fingerprint density at radius 2 is 1.80 bits per heavy atom. The monoisotopic (exact) mass is 293 g/mol. The highest BCUT2D eigenvalue weighted by Crippen LogP contribution is 2.19. The lowest BCUT2D eigenvalue weighted by Gasteiger charge is -2.36. The van der Waals surface area contributed by atoms with E-state index in [0.29, 0.717) is 6.04 Å². The van der Waals surface area contributed by atoms with Crippen molar-refractivity contribution in [3.05, 3.63) is 35.6 Å². The maximum absolute atomic E-state index is 12.9. The Morgan fingerprint density at radius 1 is 1.15 bits per heavy atom. The van der Waals surface area contributed by atoms with E-state index in [1.54, 1.807) is 0 Å². The summed E-state index contributed by atoms with van der Waals surface area (Å²) in [5, 5.41) is 4.30. The maximum atomic E-state index is 12.9. The van der Waals surface area contributed by atoms with E-state index in [0.717, 1.165) is 37.8 Å². The fourth-order valence-corrected chi connectivity index (χ4v) is 2.80. The van der Waals surface area contributed by atoms with Gasteiger partial charge in [-0.2, -0.15) is 0 Å². The Balaban J connectivity index is 1.45. The van der Waals surface area contributed by atoms with Crippen LogP contribution in [-0.4, -0.2) is 47.1 Å². The molecule has 1 saturated carbocycles. The molecule has 0 amide bonds. The van der Waals surface area contributed by atoms with Crippen molar-refractivity contribution >= 4 is 17.3 Å². The highest BCUT2D eigenvalue weighted by atomic mass is 32.1. The van der Waals surface area contributed by atoms with Crippen LogP contribution in [0.1, 0.15) is 18.4 Å². The number of nitrogens with one attached hydrogen (secondary N) is 1. The smallest absolute Gasteiger partial charge is 0.169 e. The van der Waals surface area contributed by atoms with Crippen molar-refractivity contribution in [3.8, 4) is 0 Å². The van der Waals surface area contributed by atoms with Crippen LogP contribution in [0.2, 0.25) is 0 Å². The van der Waals surface area contributed by atoms with E-state index in [4.69, 9.17) is 12.2 Å².